The predicted molar refractivity (Wildman–Crippen MR) is 150 cm³/mol. The number of aryl methyl sites for hydroxylation is 2. The average molecular weight is 585 g/mol. The third-order valence-corrected chi connectivity index (χ3v) is 6.64. The van der Waals surface area contributed by atoms with Gasteiger partial charge in [0.25, 0.3) is 0 Å². The molecule has 1 fully saturated rings. The molecule has 1 saturated carbocycles. The highest BCUT2D eigenvalue weighted by molar-refractivity contribution is 6.23. The number of esters is 1. The van der Waals surface area contributed by atoms with Gasteiger partial charge in [0.15, 0.2) is 57.8 Å². The van der Waals surface area contributed by atoms with Crippen molar-refractivity contribution in [1.29, 1.82) is 0 Å². The summed E-state index contributed by atoms with van der Waals surface area (Å²) in [6.45, 7) is 2.93. The van der Waals surface area contributed by atoms with E-state index in [0.29, 0.717) is 24.3 Å². The first-order valence-corrected chi connectivity index (χ1v) is 13.4. The first kappa shape index (κ1) is 33.7. The number of carbonyl (C=O) groups is 6. The van der Waals surface area contributed by atoms with Crippen LogP contribution < -0.4 is 9.47 Å². The van der Waals surface area contributed by atoms with Gasteiger partial charge in [0.2, 0.25) is 0 Å². The molecule has 2 aromatic carbocycles. The van der Waals surface area contributed by atoms with Crippen LogP contribution in [0.5, 0.6) is 23.0 Å². The summed E-state index contributed by atoms with van der Waals surface area (Å²) in [5.74, 6) is -4.37. The number of phenols is 2. The van der Waals surface area contributed by atoms with E-state index in [1.807, 2.05) is 0 Å². The quantitative estimate of drug-likeness (QED) is 0.262. The van der Waals surface area contributed by atoms with E-state index >= 15 is 0 Å². The molecule has 0 spiro atoms. The largest absolute Gasteiger partial charge is 0.504 e. The molecule has 42 heavy (non-hydrogen) atoms. The fraction of sp³-hybridized carbons (Fsp3) is 0.419. The molecule has 226 valence electrons. The fourth-order valence-corrected chi connectivity index (χ4v) is 4.40. The van der Waals surface area contributed by atoms with Gasteiger partial charge in [-0.05, 0) is 62.1 Å². The van der Waals surface area contributed by atoms with Crippen molar-refractivity contribution < 1.29 is 53.2 Å². The van der Waals surface area contributed by atoms with Gasteiger partial charge in [-0.15, -0.1) is 0 Å². The van der Waals surface area contributed by atoms with Crippen molar-refractivity contribution in [2.24, 2.45) is 11.8 Å². The van der Waals surface area contributed by atoms with Crippen LogP contribution in [0.3, 0.4) is 0 Å². The number of ether oxygens (including phenoxy) is 3. The van der Waals surface area contributed by atoms with E-state index in [0.717, 1.165) is 11.1 Å². The van der Waals surface area contributed by atoms with E-state index in [2.05, 4.69) is 0 Å². The lowest BCUT2D eigenvalue weighted by Crippen LogP contribution is -2.32. The Morgan fingerprint density at radius 1 is 0.833 bits per heavy atom. The molecule has 0 heterocycles. The van der Waals surface area contributed by atoms with E-state index in [-0.39, 0.29) is 61.1 Å². The highest BCUT2D eigenvalue weighted by atomic mass is 16.5. The summed E-state index contributed by atoms with van der Waals surface area (Å²) in [7, 11) is 2.87. The fourth-order valence-electron chi connectivity index (χ4n) is 4.40. The number of hydrogen-bond donors (Lipinski definition) is 2. The van der Waals surface area contributed by atoms with Crippen molar-refractivity contribution in [3.8, 4) is 23.0 Å². The molecule has 0 radical (unpaired) electrons. The van der Waals surface area contributed by atoms with Crippen LogP contribution in [0.4, 0.5) is 0 Å². The molecule has 0 aromatic heterocycles. The first-order valence-electron chi connectivity index (χ1n) is 13.4. The number of aromatic hydroxyl groups is 2. The minimum absolute atomic E-state index is 0.00529. The van der Waals surface area contributed by atoms with Gasteiger partial charge in [-0.1, -0.05) is 12.1 Å². The minimum atomic E-state index is -1.36. The molecule has 0 saturated heterocycles. The Kier molecular flexibility index (Phi) is 12.9. The summed E-state index contributed by atoms with van der Waals surface area (Å²) >= 11 is 0. The summed E-state index contributed by atoms with van der Waals surface area (Å²) in [4.78, 5) is 70.2. The molecule has 1 unspecified atom stereocenters. The summed E-state index contributed by atoms with van der Waals surface area (Å²) in [6, 6.07) is 9.54. The van der Waals surface area contributed by atoms with Crippen molar-refractivity contribution in [3.63, 3.8) is 0 Å². The summed E-state index contributed by atoms with van der Waals surface area (Å²) in [5.41, 5.74) is 1.57. The van der Waals surface area contributed by atoms with Crippen LogP contribution >= 0.6 is 0 Å². The SMILES string of the molecule is CCOC(=O)C(C(C)=O)C(=O)CCc1ccc(O)c(OC)c1.COc1cc(CCC(=O)C2C(=O)CCC2=O)ccc1O. The molecule has 3 rings (SSSR count). The van der Waals surface area contributed by atoms with E-state index in [1.165, 1.54) is 33.3 Å². The van der Waals surface area contributed by atoms with Gasteiger partial charge < -0.3 is 24.4 Å². The monoisotopic (exact) mass is 584 g/mol. The zero-order valence-electron chi connectivity index (χ0n) is 24.1. The minimum Gasteiger partial charge on any atom is -0.504 e. The highest BCUT2D eigenvalue weighted by Crippen LogP contribution is 2.28. The van der Waals surface area contributed by atoms with Gasteiger partial charge in [-0.25, -0.2) is 0 Å². The Morgan fingerprint density at radius 3 is 1.74 bits per heavy atom. The average Bonchev–Trinajstić information content (AvgIpc) is 3.29. The lowest BCUT2D eigenvalue weighted by molar-refractivity contribution is -0.154. The number of benzene rings is 2. The van der Waals surface area contributed by atoms with Gasteiger partial charge in [0.05, 0.1) is 20.8 Å². The summed E-state index contributed by atoms with van der Waals surface area (Å²) in [5, 5.41) is 19.0. The molecule has 1 aliphatic rings. The molecular weight excluding hydrogens is 548 g/mol. The number of rotatable bonds is 13. The number of methoxy groups -OCH3 is 2. The van der Waals surface area contributed by atoms with Crippen molar-refractivity contribution >= 4 is 34.9 Å². The third-order valence-electron chi connectivity index (χ3n) is 6.64. The van der Waals surface area contributed by atoms with Crippen LogP contribution in [0.1, 0.15) is 50.7 Å². The highest BCUT2D eigenvalue weighted by Gasteiger charge is 2.37. The molecule has 0 amide bonds. The maximum Gasteiger partial charge on any atom is 0.324 e. The third kappa shape index (κ3) is 9.25. The lowest BCUT2D eigenvalue weighted by atomic mass is 9.95. The van der Waals surface area contributed by atoms with Gasteiger partial charge in [0, 0.05) is 25.7 Å². The Hall–Kier alpha value is -4.54. The maximum absolute atomic E-state index is 12.1. The number of ketones is 5. The van der Waals surface area contributed by atoms with Crippen molar-refractivity contribution in [3.05, 3.63) is 47.5 Å². The molecule has 2 aromatic rings. The number of hydrogen-bond acceptors (Lipinski definition) is 11. The molecular formula is C31H36O11. The summed E-state index contributed by atoms with van der Waals surface area (Å²) < 4.78 is 14.7. The number of Topliss-reactive ketones (excluding diaryl/α,β-unsaturated/α-hetero) is 5. The first-order chi connectivity index (χ1) is 19.9. The second-order valence-electron chi connectivity index (χ2n) is 9.61. The second-order valence-corrected chi connectivity index (χ2v) is 9.61. The molecule has 11 heteroatoms. The molecule has 2 N–H and O–H groups in total. The molecule has 11 nitrogen and oxygen atoms in total. The molecule has 0 bridgehead atoms. The molecule has 1 atom stereocenters. The predicted octanol–water partition coefficient (Wildman–Crippen LogP) is 3.12. The van der Waals surface area contributed by atoms with Crippen LogP contribution in [-0.4, -0.2) is 65.9 Å². The van der Waals surface area contributed by atoms with Crippen LogP contribution in [0.15, 0.2) is 36.4 Å². The van der Waals surface area contributed by atoms with E-state index in [4.69, 9.17) is 14.2 Å². The van der Waals surface area contributed by atoms with Gasteiger partial charge in [-0.2, -0.15) is 0 Å². The van der Waals surface area contributed by atoms with Gasteiger partial charge >= 0.3 is 5.97 Å². The lowest BCUT2D eigenvalue weighted by Gasteiger charge is -2.12. The normalized spacial score (nSPS) is 13.5. The van der Waals surface area contributed by atoms with Crippen molar-refractivity contribution in [1.82, 2.24) is 0 Å². The van der Waals surface area contributed by atoms with Gasteiger partial charge in [-0.3, -0.25) is 28.8 Å². The van der Waals surface area contributed by atoms with Crippen molar-refractivity contribution in [2.45, 2.75) is 52.4 Å². The van der Waals surface area contributed by atoms with Crippen LogP contribution in [0, 0.1) is 11.8 Å². The van der Waals surface area contributed by atoms with E-state index in [1.54, 1.807) is 31.2 Å². The zero-order valence-corrected chi connectivity index (χ0v) is 24.1. The molecule has 0 aliphatic heterocycles. The van der Waals surface area contributed by atoms with Crippen LogP contribution in [-0.2, 0) is 46.3 Å². The Balaban J connectivity index is 0.000000294. The van der Waals surface area contributed by atoms with E-state index in [9.17, 15) is 39.0 Å². The van der Waals surface area contributed by atoms with E-state index < -0.39 is 29.4 Å². The van der Waals surface area contributed by atoms with Crippen LogP contribution in [0.2, 0.25) is 0 Å². The smallest absolute Gasteiger partial charge is 0.324 e. The number of phenolic OH excluding ortho intramolecular Hbond substituents is 2. The molecule has 1 aliphatic carbocycles. The Morgan fingerprint density at radius 2 is 1.31 bits per heavy atom. The standard InChI is InChI=1S/C16H20O6.C15H16O5/c1-4-22-16(20)15(10(2)17)13(19)8-6-11-5-7-12(18)14(9-11)21-3;1-20-14-8-9(2-4-10(14)16)3-5-11(17)15-12(18)6-7-13(15)19/h5,7,9,15,18H,4,6,8H2,1-3H3;2,4,8,15-16H,3,5-7H2,1H3. The zero-order chi connectivity index (χ0) is 31.4. The number of carbonyl (C=O) groups excluding carboxylic acids is 6. The Labute approximate surface area is 243 Å². The summed E-state index contributed by atoms with van der Waals surface area (Å²) in [6.07, 6.45) is 1.27. The van der Waals surface area contributed by atoms with Crippen LogP contribution in [0.25, 0.3) is 0 Å². The maximum atomic E-state index is 12.1. The Bertz CT molecular complexity index is 1310. The second kappa shape index (κ2) is 16.0. The topological polar surface area (TPSA) is 171 Å². The van der Waals surface area contributed by atoms with Gasteiger partial charge in [0.1, 0.15) is 5.92 Å². The van der Waals surface area contributed by atoms with Crippen molar-refractivity contribution in [2.75, 3.05) is 20.8 Å².